The Morgan fingerprint density at radius 3 is 2.53 bits per heavy atom. The Hall–Kier alpha value is -2.66. The number of amides is 1. The smallest absolute Gasteiger partial charge is 0.253 e. The van der Waals surface area contributed by atoms with Gasteiger partial charge < -0.3 is 9.47 Å². The molecule has 32 heavy (non-hydrogen) atoms. The zero-order chi connectivity index (χ0) is 22.1. The Labute approximate surface area is 191 Å². The van der Waals surface area contributed by atoms with Crippen molar-refractivity contribution >= 4 is 16.9 Å². The number of imidazole rings is 1. The number of carbonyl (C=O) groups is 1. The molecule has 0 spiro atoms. The molecule has 2 aliphatic heterocycles. The molecule has 168 valence electrons. The Morgan fingerprint density at radius 1 is 1.03 bits per heavy atom. The summed E-state index contributed by atoms with van der Waals surface area (Å²) in [5.41, 5.74) is 4.24. The van der Waals surface area contributed by atoms with E-state index in [2.05, 4.69) is 53.6 Å². The minimum absolute atomic E-state index is 0.172. The monoisotopic (exact) mass is 430 g/mol. The zero-order valence-corrected chi connectivity index (χ0v) is 19.3. The van der Waals surface area contributed by atoms with E-state index in [0.29, 0.717) is 12.0 Å². The van der Waals surface area contributed by atoms with Crippen LogP contribution in [0.5, 0.6) is 0 Å². The molecular weight excluding hydrogens is 396 g/mol. The highest BCUT2D eigenvalue weighted by Crippen LogP contribution is 2.23. The van der Waals surface area contributed by atoms with Gasteiger partial charge in [-0.15, -0.1) is 0 Å². The minimum atomic E-state index is 0.172. The van der Waals surface area contributed by atoms with Crippen LogP contribution in [-0.2, 0) is 13.0 Å². The van der Waals surface area contributed by atoms with Gasteiger partial charge in [-0.25, -0.2) is 4.98 Å². The number of hydrogen-bond donors (Lipinski definition) is 0. The summed E-state index contributed by atoms with van der Waals surface area (Å²) in [5.74, 6) is 1.81. The molecule has 1 amide bonds. The first-order valence-electron chi connectivity index (χ1n) is 12.1. The summed E-state index contributed by atoms with van der Waals surface area (Å²) in [7, 11) is 0. The van der Waals surface area contributed by atoms with Crippen molar-refractivity contribution in [2.45, 2.75) is 52.1 Å². The molecule has 2 aromatic carbocycles. The van der Waals surface area contributed by atoms with Gasteiger partial charge in [-0.2, -0.15) is 0 Å². The van der Waals surface area contributed by atoms with Crippen LogP contribution in [-0.4, -0.2) is 57.5 Å². The first-order valence-corrected chi connectivity index (χ1v) is 12.1. The molecule has 2 aliphatic rings. The Morgan fingerprint density at radius 2 is 1.78 bits per heavy atom. The second-order valence-electron chi connectivity index (χ2n) is 9.83. The van der Waals surface area contributed by atoms with Gasteiger partial charge in [0.2, 0.25) is 0 Å². The summed E-state index contributed by atoms with van der Waals surface area (Å²) in [6.07, 6.45) is 4.49. The molecule has 3 heterocycles. The topological polar surface area (TPSA) is 41.4 Å². The maximum Gasteiger partial charge on any atom is 0.253 e. The van der Waals surface area contributed by atoms with Crippen LogP contribution in [0.15, 0.2) is 48.5 Å². The average Bonchev–Trinajstić information content (AvgIpc) is 3.54. The van der Waals surface area contributed by atoms with E-state index in [9.17, 15) is 4.79 Å². The molecule has 1 atom stereocenters. The number of benzene rings is 2. The van der Waals surface area contributed by atoms with Crippen molar-refractivity contribution in [2.24, 2.45) is 5.92 Å². The van der Waals surface area contributed by atoms with Gasteiger partial charge in [0.1, 0.15) is 5.82 Å². The molecule has 1 aromatic heterocycles. The summed E-state index contributed by atoms with van der Waals surface area (Å²) in [4.78, 5) is 22.6. The van der Waals surface area contributed by atoms with E-state index in [0.717, 1.165) is 49.4 Å². The normalized spacial score (nSPS) is 19.5. The third-order valence-corrected chi connectivity index (χ3v) is 6.95. The second-order valence-corrected chi connectivity index (χ2v) is 9.83. The Kier molecular flexibility index (Phi) is 6.01. The standard InChI is InChI=1S/C27H34N4O/c1-20(2)18-31-25-8-4-3-7-24(25)28-26(31)17-21-9-11-22(12-10-21)27(32)30-16-13-23(19-30)29-14-5-6-15-29/h3-4,7-12,20,23H,5-6,13-19H2,1-2H3. The molecule has 0 radical (unpaired) electrons. The van der Waals surface area contributed by atoms with Crippen LogP contribution in [0.3, 0.4) is 0 Å². The lowest BCUT2D eigenvalue weighted by atomic mass is 10.1. The Balaban J connectivity index is 1.29. The molecule has 3 aromatic rings. The highest BCUT2D eigenvalue weighted by molar-refractivity contribution is 5.94. The maximum absolute atomic E-state index is 13.1. The Bertz CT molecular complexity index is 1080. The predicted octanol–water partition coefficient (Wildman–Crippen LogP) is 4.59. The molecule has 0 bridgehead atoms. The largest absolute Gasteiger partial charge is 0.337 e. The van der Waals surface area contributed by atoms with Crippen LogP contribution in [0.25, 0.3) is 11.0 Å². The fraction of sp³-hybridized carbons (Fsp3) is 0.481. The van der Waals surface area contributed by atoms with E-state index < -0.39 is 0 Å². The van der Waals surface area contributed by atoms with Crippen LogP contribution in [0.4, 0.5) is 0 Å². The second kappa shape index (κ2) is 9.07. The van der Waals surface area contributed by atoms with Gasteiger partial charge in [0.25, 0.3) is 5.91 Å². The number of carbonyl (C=O) groups excluding carboxylic acids is 1. The lowest BCUT2D eigenvalue weighted by Crippen LogP contribution is -2.37. The van der Waals surface area contributed by atoms with Crippen LogP contribution in [0, 0.1) is 5.92 Å². The number of nitrogens with zero attached hydrogens (tertiary/aromatic N) is 4. The minimum Gasteiger partial charge on any atom is -0.337 e. The molecule has 5 heteroatoms. The summed E-state index contributed by atoms with van der Waals surface area (Å²) < 4.78 is 2.35. The number of aromatic nitrogens is 2. The molecule has 2 fully saturated rings. The summed E-state index contributed by atoms with van der Waals surface area (Å²) in [5, 5.41) is 0. The van der Waals surface area contributed by atoms with Crippen molar-refractivity contribution in [2.75, 3.05) is 26.2 Å². The molecule has 5 nitrogen and oxygen atoms in total. The average molecular weight is 431 g/mol. The summed E-state index contributed by atoms with van der Waals surface area (Å²) in [6.45, 7) is 9.59. The van der Waals surface area contributed by atoms with Gasteiger partial charge in [-0.05, 0) is 68.1 Å². The van der Waals surface area contributed by atoms with Gasteiger partial charge in [0.05, 0.1) is 11.0 Å². The van der Waals surface area contributed by atoms with Crippen molar-refractivity contribution in [3.8, 4) is 0 Å². The molecule has 0 saturated carbocycles. The third kappa shape index (κ3) is 4.31. The lowest BCUT2D eigenvalue weighted by Gasteiger charge is -2.23. The van der Waals surface area contributed by atoms with Gasteiger partial charge >= 0.3 is 0 Å². The quantitative estimate of drug-likeness (QED) is 0.574. The lowest BCUT2D eigenvalue weighted by molar-refractivity contribution is 0.0780. The van der Waals surface area contributed by atoms with Gasteiger partial charge in [0.15, 0.2) is 0 Å². The highest BCUT2D eigenvalue weighted by atomic mass is 16.2. The number of hydrogen-bond acceptors (Lipinski definition) is 3. The number of likely N-dealkylation sites (tertiary alicyclic amines) is 2. The van der Waals surface area contributed by atoms with Crippen LogP contribution in [0.1, 0.15) is 54.9 Å². The van der Waals surface area contributed by atoms with Gasteiger partial charge in [0, 0.05) is 37.7 Å². The molecule has 1 unspecified atom stereocenters. The summed E-state index contributed by atoms with van der Waals surface area (Å²) >= 11 is 0. The SMILES string of the molecule is CC(C)Cn1c(Cc2ccc(C(=O)N3CCC(N4CCCC4)C3)cc2)nc2ccccc21. The molecule has 5 rings (SSSR count). The summed E-state index contributed by atoms with van der Waals surface area (Å²) in [6, 6.07) is 17.1. The number of rotatable bonds is 6. The van der Waals surface area contributed by atoms with Crippen LogP contribution in [0.2, 0.25) is 0 Å². The zero-order valence-electron chi connectivity index (χ0n) is 19.3. The third-order valence-electron chi connectivity index (χ3n) is 6.95. The van der Waals surface area contributed by atoms with Crippen molar-refractivity contribution in [3.05, 3.63) is 65.5 Å². The molecule has 0 aliphatic carbocycles. The van der Waals surface area contributed by atoms with E-state index >= 15 is 0 Å². The molecule has 0 N–H and O–H groups in total. The van der Waals surface area contributed by atoms with Crippen molar-refractivity contribution in [1.29, 1.82) is 0 Å². The van der Waals surface area contributed by atoms with Crippen molar-refractivity contribution < 1.29 is 4.79 Å². The van der Waals surface area contributed by atoms with E-state index in [4.69, 9.17) is 4.98 Å². The van der Waals surface area contributed by atoms with E-state index in [1.165, 1.54) is 37.0 Å². The number of para-hydroxylation sites is 2. The van der Waals surface area contributed by atoms with Crippen LogP contribution >= 0.6 is 0 Å². The van der Waals surface area contributed by atoms with E-state index in [-0.39, 0.29) is 5.91 Å². The van der Waals surface area contributed by atoms with Crippen molar-refractivity contribution in [1.82, 2.24) is 19.4 Å². The molecule has 2 saturated heterocycles. The van der Waals surface area contributed by atoms with Crippen molar-refractivity contribution in [3.63, 3.8) is 0 Å². The first kappa shape index (κ1) is 21.2. The predicted molar refractivity (Wildman–Crippen MR) is 129 cm³/mol. The fourth-order valence-electron chi connectivity index (χ4n) is 5.29. The maximum atomic E-state index is 13.1. The number of fused-ring (bicyclic) bond motifs is 1. The van der Waals surface area contributed by atoms with Gasteiger partial charge in [-0.3, -0.25) is 9.69 Å². The van der Waals surface area contributed by atoms with Crippen LogP contribution < -0.4 is 0 Å². The van der Waals surface area contributed by atoms with Gasteiger partial charge in [-0.1, -0.05) is 38.1 Å². The molecular formula is C27H34N4O. The van der Waals surface area contributed by atoms with E-state index in [1.54, 1.807) is 0 Å². The highest BCUT2D eigenvalue weighted by Gasteiger charge is 2.31. The fourth-order valence-corrected chi connectivity index (χ4v) is 5.29. The first-order chi connectivity index (χ1) is 15.6. The van der Waals surface area contributed by atoms with E-state index in [1.807, 2.05) is 23.1 Å².